The predicted molar refractivity (Wildman–Crippen MR) is 68.5 cm³/mol. The quantitative estimate of drug-likeness (QED) is 0.690. The molecule has 0 N–H and O–H groups in total. The first kappa shape index (κ1) is 12.4. The normalized spacial score (nSPS) is 41.1. The summed E-state index contributed by atoms with van der Waals surface area (Å²) in [6.45, 7) is 9.12. The van der Waals surface area contributed by atoms with Crippen LogP contribution in [-0.2, 0) is 4.74 Å². The van der Waals surface area contributed by atoms with Crippen molar-refractivity contribution in [2.24, 2.45) is 17.8 Å². The lowest BCUT2D eigenvalue weighted by molar-refractivity contribution is -0.136. The Labute approximate surface area is 101 Å². The number of hydrogen-bond donors (Lipinski definition) is 0. The molecule has 2 aliphatic carbocycles. The maximum atomic E-state index is 6.38. The third-order valence-electron chi connectivity index (χ3n) is 4.74. The van der Waals surface area contributed by atoms with Gasteiger partial charge in [0.1, 0.15) is 0 Å². The molecule has 0 spiro atoms. The van der Waals surface area contributed by atoms with Crippen molar-refractivity contribution in [3.05, 3.63) is 0 Å². The Morgan fingerprint density at radius 3 is 2.12 bits per heavy atom. The van der Waals surface area contributed by atoms with Gasteiger partial charge in [-0.1, -0.05) is 33.1 Å². The maximum Gasteiger partial charge on any atom is 0.0663 e. The van der Waals surface area contributed by atoms with E-state index in [1.165, 1.54) is 38.5 Å². The minimum atomic E-state index is 0.178. The van der Waals surface area contributed by atoms with Gasteiger partial charge < -0.3 is 4.74 Å². The molecule has 2 aliphatic rings. The SMILES string of the molecule is CC(C)[C@H](C)OC1(C)CC2CCCC(C2)C1. The summed E-state index contributed by atoms with van der Waals surface area (Å²) in [5.41, 5.74) is 0.178. The Balaban J connectivity index is 1.96. The maximum absolute atomic E-state index is 6.38. The molecule has 0 aromatic carbocycles. The molecule has 0 amide bonds. The highest BCUT2D eigenvalue weighted by atomic mass is 16.5. The van der Waals surface area contributed by atoms with Crippen LogP contribution < -0.4 is 0 Å². The summed E-state index contributed by atoms with van der Waals surface area (Å²) >= 11 is 0. The molecule has 0 aliphatic heterocycles. The molecule has 0 heterocycles. The van der Waals surface area contributed by atoms with E-state index in [4.69, 9.17) is 4.74 Å². The third kappa shape index (κ3) is 2.80. The molecule has 2 bridgehead atoms. The lowest BCUT2D eigenvalue weighted by Gasteiger charge is -2.46. The van der Waals surface area contributed by atoms with E-state index in [0.717, 1.165) is 11.8 Å². The summed E-state index contributed by atoms with van der Waals surface area (Å²) in [6.07, 6.45) is 8.86. The van der Waals surface area contributed by atoms with Crippen LogP contribution >= 0.6 is 0 Å². The Morgan fingerprint density at radius 1 is 1.06 bits per heavy atom. The highest BCUT2D eigenvalue weighted by Crippen LogP contribution is 2.46. The Morgan fingerprint density at radius 2 is 1.62 bits per heavy atom. The smallest absolute Gasteiger partial charge is 0.0663 e. The highest BCUT2D eigenvalue weighted by Gasteiger charge is 2.40. The molecule has 0 aromatic heterocycles. The van der Waals surface area contributed by atoms with Crippen molar-refractivity contribution in [1.29, 1.82) is 0 Å². The molecule has 0 radical (unpaired) electrons. The van der Waals surface area contributed by atoms with Crippen LogP contribution in [0.4, 0.5) is 0 Å². The van der Waals surface area contributed by atoms with E-state index in [1.807, 2.05) is 0 Å². The largest absolute Gasteiger partial charge is 0.372 e. The van der Waals surface area contributed by atoms with Crippen molar-refractivity contribution in [3.8, 4) is 0 Å². The van der Waals surface area contributed by atoms with Crippen LogP contribution in [0, 0.1) is 17.8 Å². The van der Waals surface area contributed by atoms with E-state index in [9.17, 15) is 0 Å². The minimum Gasteiger partial charge on any atom is -0.372 e. The van der Waals surface area contributed by atoms with E-state index in [-0.39, 0.29) is 5.60 Å². The highest BCUT2D eigenvalue weighted by molar-refractivity contribution is 4.91. The summed E-state index contributed by atoms with van der Waals surface area (Å²) in [6, 6.07) is 0. The van der Waals surface area contributed by atoms with Gasteiger partial charge >= 0.3 is 0 Å². The molecule has 2 fully saturated rings. The van der Waals surface area contributed by atoms with Gasteiger partial charge in [0.2, 0.25) is 0 Å². The van der Waals surface area contributed by atoms with E-state index in [1.54, 1.807) is 0 Å². The van der Waals surface area contributed by atoms with Gasteiger partial charge in [-0.2, -0.15) is 0 Å². The van der Waals surface area contributed by atoms with Crippen LogP contribution in [0.25, 0.3) is 0 Å². The van der Waals surface area contributed by atoms with Crippen molar-refractivity contribution in [3.63, 3.8) is 0 Å². The fourth-order valence-corrected chi connectivity index (χ4v) is 3.76. The monoisotopic (exact) mass is 224 g/mol. The first-order chi connectivity index (χ1) is 7.48. The summed E-state index contributed by atoms with van der Waals surface area (Å²) in [5, 5.41) is 0. The summed E-state index contributed by atoms with van der Waals surface area (Å²) in [7, 11) is 0. The van der Waals surface area contributed by atoms with Crippen molar-refractivity contribution in [2.75, 3.05) is 0 Å². The number of rotatable bonds is 3. The van der Waals surface area contributed by atoms with E-state index < -0.39 is 0 Å². The van der Waals surface area contributed by atoms with Crippen LogP contribution in [0.2, 0.25) is 0 Å². The summed E-state index contributed by atoms with van der Waals surface area (Å²) in [4.78, 5) is 0. The molecule has 0 saturated heterocycles. The van der Waals surface area contributed by atoms with E-state index in [0.29, 0.717) is 12.0 Å². The summed E-state index contributed by atoms with van der Waals surface area (Å²) in [5.74, 6) is 2.55. The Hall–Kier alpha value is -0.0400. The lowest BCUT2D eigenvalue weighted by Crippen LogP contribution is -2.43. The van der Waals surface area contributed by atoms with Crippen LogP contribution in [0.3, 0.4) is 0 Å². The molecule has 2 unspecified atom stereocenters. The fraction of sp³-hybridized carbons (Fsp3) is 1.00. The molecule has 94 valence electrons. The topological polar surface area (TPSA) is 9.23 Å². The second-order valence-electron chi connectivity index (χ2n) is 6.82. The van der Waals surface area contributed by atoms with Crippen LogP contribution in [0.1, 0.15) is 66.2 Å². The predicted octanol–water partition coefficient (Wildman–Crippen LogP) is 4.41. The standard InChI is InChI=1S/C15H28O/c1-11(2)12(3)16-15(4)9-13-6-5-7-14(8-13)10-15/h11-14H,5-10H2,1-4H3/t12-,13?,14?,15?/m0/s1. The van der Waals surface area contributed by atoms with E-state index >= 15 is 0 Å². The molecule has 16 heavy (non-hydrogen) atoms. The molecule has 0 aromatic rings. The van der Waals surface area contributed by atoms with Crippen LogP contribution in [-0.4, -0.2) is 11.7 Å². The van der Waals surface area contributed by atoms with Gasteiger partial charge in [0.15, 0.2) is 0 Å². The van der Waals surface area contributed by atoms with Crippen LogP contribution in [0.15, 0.2) is 0 Å². The van der Waals surface area contributed by atoms with Crippen molar-refractivity contribution in [2.45, 2.75) is 77.9 Å². The first-order valence-electron chi connectivity index (χ1n) is 7.16. The van der Waals surface area contributed by atoms with Gasteiger partial charge in [0, 0.05) is 0 Å². The zero-order valence-electron chi connectivity index (χ0n) is 11.5. The van der Waals surface area contributed by atoms with Gasteiger partial charge in [0.25, 0.3) is 0 Å². The van der Waals surface area contributed by atoms with Gasteiger partial charge in [-0.3, -0.25) is 0 Å². The van der Waals surface area contributed by atoms with Gasteiger partial charge in [-0.05, 0) is 50.9 Å². The van der Waals surface area contributed by atoms with Gasteiger partial charge in [-0.25, -0.2) is 0 Å². The van der Waals surface area contributed by atoms with Crippen molar-refractivity contribution in [1.82, 2.24) is 0 Å². The Kier molecular flexibility index (Phi) is 3.63. The Bertz CT molecular complexity index is 222. The zero-order valence-corrected chi connectivity index (χ0v) is 11.5. The minimum absolute atomic E-state index is 0.178. The molecule has 2 saturated carbocycles. The molecule has 1 heteroatoms. The third-order valence-corrected chi connectivity index (χ3v) is 4.74. The average molecular weight is 224 g/mol. The number of fused-ring (bicyclic) bond motifs is 2. The molecular formula is C15H28O. The average Bonchev–Trinajstić information content (AvgIpc) is 2.15. The van der Waals surface area contributed by atoms with Gasteiger partial charge in [-0.15, -0.1) is 0 Å². The second-order valence-corrected chi connectivity index (χ2v) is 6.82. The zero-order chi connectivity index (χ0) is 11.8. The molecule has 1 nitrogen and oxygen atoms in total. The number of hydrogen-bond acceptors (Lipinski definition) is 1. The molecular weight excluding hydrogens is 196 g/mol. The van der Waals surface area contributed by atoms with Crippen molar-refractivity contribution < 1.29 is 4.74 Å². The fourth-order valence-electron chi connectivity index (χ4n) is 3.76. The molecule has 3 atom stereocenters. The van der Waals surface area contributed by atoms with Gasteiger partial charge in [0.05, 0.1) is 11.7 Å². The summed E-state index contributed by atoms with van der Waals surface area (Å²) < 4.78 is 6.38. The number of ether oxygens (including phenoxy) is 1. The molecule has 2 rings (SSSR count). The van der Waals surface area contributed by atoms with Crippen molar-refractivity contribution >= 4 is 0 Å². The second kappa shape index (κ2) is 4.68. The van der Waals surface area contributed by atoms with E-state index in [2.05, 4.69) is 27.7 Å². The van der Waals surface area contributed by atoms with Crippen LogP contribution in [0.5, 0.6) is 0 Å². The lowest BCUT2D eigenvalue weighted by atomic mass is 9.66. The first-order valence-corrected chi connectivity index (χ1v) is 7.16.